The van der Waals surface area contributed by atoms with Crippen molar-refractivity contribution in [3.05, 3.63) is 0 Å². The summed E-state index contributed by atoms with van der Waals surface area (Å²) in [7, 11) is 0. The molecule has 16 heavy (non-hydrogen) atoms. The number of hydrogen-bond acceptors (Lipinski definition) is 3. The van der Waals surface area contributed by atoms with Crippen LogP contribution in [-0.4, -0.2) is 30.9 Å². The van der Waals surface area contributed by atoms with Crippen molar-refractivity contribution in [3.63, 3.8) is 0 Å². The minimum atomic E-state index is -0.0751. The average molecular weight is 227 g/mol. The Morgan fingerprint density at radius 3 is 2.56 bits per heavy atom. The summed E-state index contributed by atoms with van der Waals surface area (Å²) < 4.78 is 0. The van der Waals surface area contributed by atoms with E-state index in [-0.39, 0.29) is 23.8 Å². The Labute approximate surface area is 96.1 Å². The van der Waals surface area contributed by atoms with E-state index in [1.165, 1.54) is 6.92 Å². The molecule has 0 saturated heterocycles. The summed E-state index contributed by atoms with van der Waals surface area (Å²) >= 11 is 0. The molecule has 0 spiro atoms. The molecule has 2 atom stereocenters. The molecular weight excluding hydrogens is 206 g/mol. The van der Waals surface area contributed by atoms with Crippen molar-refractivity contribution < 1.29 is 9.59 Å². The molecule has 0 aromatic carbocycles. The number of carbonyl (C=O) groups is 2. The smallest absolute Gasteiger partial charge is 0.223 e. The molecule has 1 saturated carbocycles. The van der Waals surface area contributed by atoms with E-state index in [1.54, 1.807) is 0 Å². The van der Waals surface area contributed by atoms with Gasteiger partial charge in [-0.15, -0.1) is 0 Å². The average Bonchev–Trinajstić information content (AvgIpc) is 2.24. The first-order valence-corrected chi connectivity index (χ1v) is 5.87. The molecule has 0 aromatic heterocycles. The highest BCUT2D eigenvalue weighted by molar-refractivity contribution is 5.79. The summed E-state index contributed by atoms with van der Waals surface area (Å²) in [6.45, 7) is 2.44. The zero-order valence-electron chi connectivity index (χ0n) is 9.79. The van der Waals surface area contributed by atoms with Gasteiger partial charge in [0.1, 0.15) is 0 Å². The lowest BCUT2D eigenvalue weighted by Crippen LogP contribution is -2.40. The Morgan fingerprint density at radius 2 is 1.94 bits per heavy atom. The molecule has 0 aliphatic heterocycles. The van der Waals surface area contributed by atoms with Crippen molar-refractivity contribution in [3.8, 4) is 0 Å². The second-order valence-electron chi connectivity index (χ2n) is 4.40. The highest BCUT2D eigenvalue weighted by Crippen LogP contribution is 2.22. The number of rotatable bonds is 4. The maximum Gasteiger partial charge on any atom is 0.223 e. The van der Waals surface area contributed by atoms with Gasteiger partial charge in [0.2, 0.25) is 11.8 Å². The standard InChI is InChI=1S/C11H21N3O2/c1-8(15)13-5-6-14-11(16)9-3-2-4-10(12)7-9/h9-10H,2-7,12H2,1H3,(H,13,15)(H,14,16). The first-order chi connectivity index (χ1) is 7.59. The van der Waals surface area contributed by atoms with Crippen LogP contribution in [0.2, 0.25) is 0 Å². The molecule has 0 heterocycles. The van der Waals surface area contributed by atoms with E-state index in [0.29, 0.717) is 13.1 Å². The molecule has 0 bridgehead atoms. The largest absolute Gasteiger partial charge is 0.355 e. The Balaban J connectivity index is 2.16. The van der Waals surface area contributed by atoms with Crippen LogP contribution in [0.15, 0.2) is 0 Å². The number of hydrogen-bond donors (Lipinski definition) is 3. The highest BCUT2D eigenvalue weighted by Gasteiger charge is 2.24. The summed E-state index contributed by atoms with van der Waals surface area (Å²) in [5, 5.41) is 5.45. The Kier molecular flexibility index (Phi) is 5.25. The van der Waals surface area contributed by atoms with Crippen molar-refractivity contribution in [1.29, 1.82) is 0 Å². The maximum absolute atomic E-state index is 11.7. The SMILES string of the molecule is CC(=O)NCCNC(=O)C1CCCC(N)C1. The Hall–Kier alpha value is -1.10. The zero-order valence-corrected chi connectivity index (χ0v) is 9.79. The second-order valence-corrected chi connectivity index (χ2v) is 4.40. The predicted octanol–water partition coefficient (Wildman–Crippen LogP) is -0.244. The summed E-state index contributed by atoms with van der Waals surface area (Å²) in [6, 6.07) is 0.167. The van der Waals surface area contributed by atoms with Gasteiger partial charge in [-0.1, -0.05) is 6.42 Å². The first-order valence-electron chi connectivity index (χ1n) is 5.87. The molecule has 92 valence electrons. The van der Waals surface area contributed by atoms with Crippen LogP contribution in [0.25, 0.3) is 0 Å². The monoisotopic (exact) mass is 227 g/mol. The van der Waals surface area contributed by atoms with Crippen LogP contribution in [-0.2, 0) is 9.59 Å². The van der Waals surface area contributed by atoms with E-state index in [4.69, 9.17) is 5.73 Å². The van der Waals surface area contributed by atoms with E-state index in [1.807, 2.05) is 0 Å². The minimum Gasteiger partial charge on any atom is -0.355 e. The number of amides is 2. The quantitative estimate of drug-likeness (QED) is 0.579. The van der Waals surface area contributed by atoms with Gasteiger partial charge in [0.05, 0.1) is 0 Å². The number of nitrogens with one attached hydrogen (secondary N) is 2. The molecule has 4 N–H and O–H groups in total. The number of nitrogens with two attached hydrogens (primary N) is 1. The molecule has 5 nitrogen and oxygen atoms in total. The lowest BCUT2D eigenvalue weighted by molar-refractivity contribution is -0.126. The van der Waals surface area contributed by atoms with Gasteiger partial charge < -0.3 is 16.4 Å². The molecular formula is C11H21N3O2. The van der Waals surface area contributed by atoms with Crippen LogP contribution in [0.4, 0.5) is 0 Å². The number of carbonyl (C=O) groups excluding carboxylic acids is 2. The van der Waals surface area contributed by atoms with Crippen LogP contribution in [0, 0.1) is 5.92 Å². The van der Waals surface area contributed by atoms with Crippen LogP contribution >= 0.6 is 0 Å². The normalized spacial score (nSPS) is 24.9. The molecule has 1 rings (SSSR count). The summed E-state index contributed by atoms with van der Waals surface area (Å²) in [5.41, 5.74) is 5.82. The third-order valence-corrected chi connectivity index (χ3v) is 2.88. The first kappa shape index (κ1) is 13.0. The van der Waals surface area contributed by atoms with E-state index in [2.05, 4.69) is 10.6 Å². The van der Waals surface area contributed by atoms with Gasteiger partial charge >= 0.3 is 0 Å². The fourth-order valence-corrected chi connectivity index (χ4v) is 2.03. The maximum atomic E-state index is 11.7. The molecule has 0 radical (unpaired) electrons. The lowest BCUT2D eigenvalue weighted by atomic mass is 9.85. The van der Waals surface area contributed by atoms with Crippen molar-refractivity contribution >= 4 is 11.8 Å². The fraction of sp³-hybridized carbons (Fsp3) is 0.818. The minimum absolute atomic E-state index is 0.0566. The van der Waals surface area contributed by atoms with Crippen LogP contribution in [0.5, 0.6) is 0 Å². The van der Waals surface area contributed by atoms with Gasteiger partial charge in [0.15, 0.2) is 0 Å². The molecule has 1 aliphatic rings. The van der Waals surface area contributed by atoms with E-state index >= 15 is 0 Å². The van der Waals surface area contributed by atoms with Crippen molar-refractivity contribution in [1.82, 2.24) is 10.6 Å². The van der Waals surface area contributed by atoms with Crippen molar-refractivity contribution in [2.24, 2.45) is 11.7 Å². The molecule has 2 amide bonds. The van der Waals surface area contributed by atoms with E-state index in [9.17, 15) is 9.59 Å². The van der Waals surface area contributed by atoms with Gasteiger partial charge in [0, 0.05) is 32.0 Å². The van der Waals surface area contributed by atoms with Gasteiger partial charge in [0.25, 0.3) is 0 Å². The topological polar surface area (TPSA) is 84.2 Å². The molecule has 1 fully saturated rings. The highest BCUT2D eigenvalue weighted by atomic mass is 16.2. The summed E-state index contributed by atoms with van der Waals surface area (Å²) in [6.07, 6.45) is 3.77. The third kappa shape index (κ3) is 4.61. The molecule has 2 unspecified atom stereocenters. The third-order valence-electron chi connectivity index (χ3n) is 2.88. The Morgan fingerprint density at radius 1 is 1.25 bits per heavy atom. The van der Waals surface area contributed by atoms with Gasteiger partial charge in [-0.05, 0) is 19.3 Å². The zero-order chi connectivity index (χ0) is 12.0. The van der Waals surface area contributed by atoms with Gasteiger partial charge in [-0.2, -0.15) is 0 Å². The fourth-order valence-electron chi connectivity index (χ4n) is 2.03. The molecule has 5 heteroatoms. The van der Waals surface area contributed by atoms with Crippen molar-refractivity contribution in [2.45, 2.75) is 38.6 Å². The lowest BCUT2D eigenvalue weighted by Gasteiger charge is -2.25. The van der Waals surface area contributed by atoms with Gasteiger partial charge in [-0.25, -0.2) is 0 Å². The van der Waals surface area contributed by atoms with Crippen LogP contribution < -0.4 is 16.4 Å². The predicted molar refractivity (Wildman–Crippen MR) is 61.6 cm³/mol. The van der Waals surface area contributed by atoms with Gasteiger partial charge in [-0.3, -0.25) is 9.59 Å². The summed E-state index contributed by atoms with van der Waals surface area (Å²) in [5.74, 6) is 0.0514. The molecule has 0 aromatic rings. The van der Waals surface area contributed by atoms with Crippen LogP contribution in [0.1, 0.15) is 32.6 Å². The summed E-state index contributed by atoms with van der Waals surface area (Å²) in [4.78, 5) is 22.3. The van der Waals surface area contributed by atoms with E-state index < -0.39 is 0 Å². The van der Waals surface area contributed by atoms with Crippen molar-refractivity contribution in [2.75, 3.05) is 13.1 Å². The van der Waals surface area contributed by atoms with E-state index in [0.717, 1.165) is 25.7 Å². The van der Waals surface area contributed by atoms with Crippen LogP contribution in [0.3, 0.4) is 0 Å². The Bertz CT molecular complexity index is 256. The second kappa shape index (κ2) is 6.48. The molecule has 1 aliphatic carbocycles.